The number of ether oxygens (including phenoxy) is 2. The van der Waals surface area contributed by atoms with E-state index >= 15 is 0 Å². The van der Waals surface area contributed by atoms with Crippen LogP contribution in [0.25, 0.3) is 0 Å². The molecule has 3 N–H and O–H groups in total. The number of methoxy groups -OCH3 is 2. The summed E-state index contributed by atoms with van der Waals surface area (Å²) in [5.41, 5.74) is 2.00. The first-order valence-corrected chi connectivity index (χ1v) is 10.6. The Morgan fingerprint density at radius 2 is 1.63 bits per heavy atom. The van der Waals surface area contributed by atoms with Crippen molar-refractivity contribution in [3.05, 3.63) is 53.6 Å². The fourth-order valence-electron chi connectivity index (χ4n) is 2.56. The lowest BCUT2D eigenvalue weighted by atomic mass is 10.2. The molecule has 2 aromatic rings. The van der Waals surface area contributed by atoms with E-state index in [9.17, 15) is 8.42 Å². The van der Waals surface area contributed by atoms with Crippen molar-refractivity contribution in [2.75, 3.05) is 34.4 Å². The molecule has 0 spiro atoms. The van der Waals surface area contributed by atoms with Crippen molar-refractivity contribution in [2.24, 2.45) is 4.99 Å². The average molecular weight is 548 g/mol. The van der Waals surface area contributed by atoms with Gasteiger partial charge in [-0.2, -0.15) is 0 Å². The molecule has 0 heterocycles. The molecular formula is C20H29IN4O4S. The highest BCUT2D eigenvalue weighted by molar-refractivity contribution is 14.0. The summed E-state index contributed by atoms with van der Waals surface area (Å²) in [5, 5.41) is 6.26. The van der Waals surface area contributed by atoms with Crippen LogP contribution in [0.5, 0.6) is 11.5 Å². The third kappa shape index (κ3) is 7.65. The summed E-state index contributed by atoms with van der Waals surface area (Å²) in [7, 11) is 1.31. The minimum absolute atomic E-state index is 0. The number of aliphatic imine (C=N–C) groups is 1. The van der Waals surface area contributed by atoms with Gasteiger partial charge in [-0.3, -0.25) is 4.99 Å². The zero-order chi connectivity index (χ0) is 21.3. The van der Waals surface area contributed by atoms with Crippen LogP contribution < -0.4 is 24.8 Å². The van der Waals surface area contributed by atoms with Gasteiger partial charge in [-0.15, -0.1) is 24.0 Å². The molecule has 0 unspecified atom stereocenters. The van der Waals surface area contributed by atoms with E-state index in [1.54, 1.807) is 45.5 Å². The Balaban J connectivity index is 0.00000450. The van der Waals surface area contributed by atoms with Gasteiger partial charge in [0.25, 0.3) is 0 Å². The van der Waals surface area contributed by atoms with E-state index in [0.29, 0.717) is 30.5 Å². The predicted octanol–water partition coefficient (Wildman–Crippen LogP) is 2.27. The van der Waals surface area contributed by atoms with Crippen LogP contribution in [-0.2, 0) is 16.6 Å². The number of hydrogen-bond acceptors (Lipinski definition) is 5. The standard InChI is InChI=1S/C20H28N4O4S.HI/c1-15-5-8-17(9-6-15)29(25,26)24-12-11-22-20(21-2)23-14-16-7-10-18(27-3)19(13-16)28-4;/h5-10,13,24H,11-12,14H2,1-4H3,(H2,21,22,23);1H. The maximum absolute atomic E-state index is 12.3. The summed E-state index contributed by atoms with van der Waals surface area (Å²) in [6.07, 6.45) is 0. The first kappa shape index (κ1) is 26.0. The Labute approximate surface area is 195 Å². The molecule has 0 aliphatic carbocycles. The third-order valence-corrected chi connectivity index (χ3v) is 5.65. The van der Waals surface area contributed by atoms with Crippen molar-refractivity contribution < 1.29 is 17.9 Å². The highest BCUT2D eigenvalue weighted by atomic mass is 127. The molecule has 8 nitrogen and oxygen atoms in total. The lowest BCUT2D eigenvalue weighted by Crippen LogP contribution is -2.41. The zero-order valence-corrected chi connectivity index (χ0v) is 20.7. The summed E-state index contributed by atoms with van der Waals surface area (Å²) in [4.78, 5) is 4.39. The van der Waals surface area contributed by atoms with E-state index in [1.165, 1.54) is 0 Å². The van der Waals surface area contributed by atoms with Crippen LogP contribution in [0.2, 0.25) is 0 Å². The van der Waals surface area contributed by atoms with E-state index in [4.69, 9.17) is 9.47 Å². The predicted molar refractivity (Wildman–Crippen MR) is 130 cm³/mol. The topological polar surface area (TPSA) is 101 Å². The van der Waals surface area contributed by atoms with E-state index in [-0.39, 0.29) is 35.4 Å². The minimum atomic E-state index is -3.53. The molecule has 0 saturated heterocycles. The Bertz CT molecular complexity index is 934. The second-order valence-electron chi connectivity index (χ2n) is 6.25. The van der Waals surface area contributed by atoms with Crippen LogP contribution in [0.15, 0.2) is 52.4 Å². The van der Waals surface area contributed by atoms with Crippen molar-refractivity contribution >= 4 is 40.0 Å². The van der Waals surface area contributed by atoms with Crippen molar-refractivity contribution in [1.29, 1.82) is 0 Å². The van der Waals surface area contributed by atoms with Crippen LogP contribution >= 0.6 is 24.0 Å². The molecule has 0 aliphatic heterocycles. The molecule has 0 aromatic heterocycles. The Morgan fingerprint density at radius 1 is 0.967 bits per heavy atom. The van der Waals surface area contributed by atoms with Crippen molar-refractivity contribution in [3.8, 4) is 11.5 Å². The van der Waals surface area contributed by atoms with Gasteiger partial charge in [-0.05, 0) is 36.8 Å². The number of aryl methyl sites for hydroxylation is 1. The van der Waals surface area contributed by atoms with E-state index in [2.05, 4.69) is 20.3 Å². The Hall–Kier alpha value is -2.05. The van der Waals surface area contributed by atoms with Gasteiger partial charge in [0.2, 0.25) is 10.0 Å². The number of halogens is 1. The zero-order valence-electron chi connectivity index (χ0n) is 17.6. The maximum atomic E-state index is 12.3. The van der Waals surface area contributed by atoms with E-state index in [0.717, 1.165) is 11.1 Å². The second kappa shape index (κ2) is 12.6. The van der Waals surface area contributed by atoms with Gasteiger partial charge < -0.3 is 20.1 Å². The number of nitrogens with one attached hydrogen (secondary N) is 3. The number of sulfonamides is 1. The normalized spacial score (nSPS) is 11.4. The van der Waals surface area contributed by atoms with Gasteiger partial charge in [-0.1, -0.05) is 23.8 Å². The molecule has 0 radical (unpaired) electrons. The molecule has 0 amide bonds. The van der Waals surface area contributed by atoms with Crippen molar-refractivity contribution in [1.82, 2.24) is 15.4 Å². The molecule has 2 rings (SSSR count). The highest BCUT2D eigenvalue weighted by Gasteiger charge is 2.12. The third-order valence-electron chi connectivity index (χ3n) is 4.17. The highest BCUT2D eigenvalue weighted by Crippen LogP contribution is 2.27. The lowest BCUT2D eigenvalue weighted by Gasteiger charge is -2.14. The first-order chi connectivity index (χ1) is 13.9. The largest absolute Gasteiger partial charge is 0.493 e. The number of guanidine groups is 1. The molecule has 0 bridgehead atoms. The van der Waals surface area contributed by atoms with Crippen LogP contribution in [0.1, 0.15) is 11.1 Å². The number of benzene rings is 2. The SMILES string of the molecule is CN=C(NCCNS(=O)(=O)c1ccc(C)cc1)NCc1ccc(OC)c(OC)c1.I. The van der Waals surface area contributed by atoms with Gasteiger partial charge in [-0.25, -0.2) is 13.1 Å². The number of rotatable bonds is 9. The van der Waals surface area contributed by atoms with Crippen molar-refractivity contribution in [2.45, 2.75) is 18.4 Å². The minimum Gasteiger partial charge on any atom is -0.493 e. The molecule has 166 valence electrons. The summed E-state index contributed by atoms with van der Waals surface area (Å²) in [5.74, 6) is 1.88. The van der Waals surface area contributed by atoms with Gasteiger partial charge in [0, 0.05) is 26.7 Å². The van der Waals surface area contributed by atoms with E-state index < -0.39 is 10.0 Å². The smallest absolute Gasteiger partial charge is 0.240 e. The number of nitrogens with zero attached hydrogens (tertiary/aromatic N) is 1. The van der Waals surface area contributed by atoms with Gasteiger partial charge in [0.1, 0.15) is 0 Å². The molecule has 30 heavy (non-hydrogen) atoms. The molecule has 10 heteroatoms. The summed E-state index contributed by atoms with van der Waals surface area (Å²) >= 11 is 0. The van der Waals surface area contributed by atoms with Crippen LogP contribution in [0, 0.1) is 6.92 Å². The summed E-state index contributed by atoms with van der Waals surface area (Å²) in [6.45, 7) is 3.05. The maximum Gasteiger partial charge on any atom is 0.240 e. The Morgan fingerprint density at radius 3 is 2.23 bits per heavy atom. The molecule has 2 aromatic carbocycles. The van der Waals surface area contributed by atoms with Crippen LogP contribution in [-0.4, -0.2) is 48.7 Å². The van der Waals surface area contributed by atoms with Crippen LogP contribution in [0.3, 0.4) is 0 Å². The molecule has 0 aliphatic rings. The Kier molecular flexibility index (Phi) is 10.9. The molecule has 0 atom stereocenters. The molecule has 0 fully saturated rings. The van der Waals surface area contributed by atoms with E-state index in [1.807, 2.05) is 25.1 Å². The molecular weight excluding hydrogens is 519 g/mol. The second-order valence-corrected chi connectivity index (χ2v) is 8.02. The number of hydrogen-bond donors (Lipinski definition) is 3. The lowest BCUT2D eigenvalue weighted by molar-refractivity contribution is 0.354. The van der Waals surface area contributed by atoms with Gasteiger partial charge >= 0.3 is 0 Å². The fourth-order valence-corrected chi connectivity index (χ4v) is 3.60. The van der Waals surface area contributed by atoms with Gasteiger partial charge in [0.05, 0.1) is 19.1 Å². The quantitative estimate of drug-likeness (QED) is 0.193. The fraction of sp³-hybridized carbons (Fsp3) is 0.350. The van der Waals surface area contributed by atoms with Crippen molar-refractivity contribution in [3.63, 3.8) is 0 Å². The monoisotopic (exact) mass is 548 g/mol. The first-order valence-electron chi connectivity index (χ1n) is 9.11. The average Bonchev–Trinajstić information content (AvgIpc) is 2.73. The summed E-state index contributed by atoms with van der Waals surface area (Å²) in [6, 6.07) is 12.4. The van der Waals surface area contributed by atoms with Crippen LogP contribution in [0.4, 0.5) is 0 Å². The molecule has 0 saturated carbocycles. The van der Waals surface area contributed by atoms with Gasteiger partial charge in [0.15, 0.2) is 17.5 Å². The summed E-state index contributed by atoms with van der Waals surface area (Å²) < 4.78 is 37.7.